The number of nitrogens with one attached hydrogen (secondary N) is 1. The van der Waals surface area contributed by atoms with Crippen LogP contribution in [0.5, 0.6) is 23.0 Å². The monoisotopic (exact) mass is 448 g/mol. The molecule has 7 nitrogen and oxygen atoms in total. The molecule has 0 spiro atoms. The Hall–Kier alpha value is -3.97. The maximum Gasteiger partial charge on any atom is 0.161 e. The van der Waals surface area contributed by atoms with Gasteiger partial charge < -0.3 is 24.1 Å². The van der Waals surface area contributed by atoms with Crippen LogP contribution < -0.4 is 18.9 Å². The molecule has 0 fully saturated rings. The van der Waals surface area contributed by atoms with Crippen molar-refractivity contribution >= 4 is 30.4 Å². The first kappa shape index (κ1) is 23.7. The highest BCUT2D eigenvalue weighted by molar-refractivity contribution is 5.80. The Morgan fingerprint density at radius 2 is 1.27 bits per heavy atom. The van der Waals surface area contributed by atoms with E-state index in [-0.39, 0.29) is 6.61 Å². The molecule has 0 saturated heterocycles. The number of aliphatic hydroxyl groups excluding tert-OH is 1. The number of aromatic amines is 1. The molecular weight excluding hydrogens is 420 g/mol. The molecule has 2 N–H and O–H groups in total. The number of hydrogen-bond acceptors (Lipinski definition) is 6. The van der Waals surface area contributed by atoms with Gasteiger partial charge in [0.15, 0.2) is 23.0 Å². The van der Waals surface area contributed by atoms with Crippen molar-refractivity contribution in [2.45, 2.75) is 0 Å². The van der Waals surface area contributed by atoms with Crippen molar-refractivity contribution < 1.29 is 24.1 Å². The zero-order valence-corrected chi connectivity index (χ0v) is 19.2. The van der Waals surface area contributed by atoms with Crippen molar-refractivity contribution in [1.29, 1.82) is 0 Å². The number of aliphatic hydroxyl groups is 1. The van der Waals surface area contributed by atoms with Crippen molar-refractivity contribution in [3.63, 3.8) is 0 Å². The molecular formula is C26H28N2O5. The number of methoxy groups -OCH3 is 4. The van der Waals surface area contributed by atoms with Gasteiger partial charge in [-0.05, 0) is 47.5 Å². The standard InChI is InChI=1S/C26H28N2O5/c1-30-23-13-9-18(16-25(23)32-3)7-11-21-20(6-5-15-29)22(28-27-21)12-8-19-10-14-24(31-2)26(17-19)33-4/h5-14,16-17,29H,15H2,1-4H3,(H,27,28)/b6-5+,11-7+,12-8+. The predicted octanol–water partition coefficient (Wildman–Crippen LogP) is 4.79. The molecule has 2 aromatic carbocycles. The second kappa shape index (κ2) is 11.6. The maximum absolute atomic E-state index is 9.27. The molecule has 0 bridgehead atoms. The summed E-state index contributed by atoms with van der Waals surface area (Å²) < 4.78 is 21.3. The molecule has 0 saturated carbocycles. The van der Waals surface area contributed by atoms with E-state index in [1.807, 2.05) is 66.8 Å². The lowest BCUT2D eigenvalue weighted by molar-refractivity contribution is 0.343. The summed E-state index contributed by atoms with van der Waals surface area (Å²) in [5.74, 6) is 2.65. The lowest BCUT2D eigenvalue weighted by atomic mass is 10.1. The smallest absolute Gasteiger partial charge is 0.161 e. The fourth-order valence-corrected chi connectivity index (χ4v) is 3.25. The van der Waals surface area contributed by atoms with Gasteiger partial charge in [-0.25, -0.2) is 0 Å². The van der Waals surface area contributed by atoms with E-state index in [0.29, 0.717) is 23.0 Å². The number of nitrogens with zero attached hydrogens (tertiary/aromatic N) is 1. The number of rotatable bonds is 10. The van der Waals surface area contributed by atoms with Crippen molar-refractivity contribution in [2.24, 2.45) is 0 Å². The first-order valence-electron chi connectivity index (χ1n) is 10.3. The van der Waals surface area contributed by atoms with Crippen LogP contribution in [-0.2, 0) is 0 Å². The Bertz CT molecular complexity index is 1080. The fraction of sp³-hybridized carbons (Fsp3) is 0.192. The normalized spacial score (nSPS) is 11.5. The van der Waals surface area contributed by atoms with Crippen LogP contribution >= 0.6 is 0 Å². The molecule has 33 heavy (non-hydrogen) atoms. The largest absolute Gasteiger partial charge is 0.493 e. The van der Waals surface area contributed by atoms with E-state index in [9.17, 15) is 5.11 Å². The summed E-state index contributed by atoms with van der Waals surface area (Å²) in [5.41, 5.74) is 4.29. The average molecular weight is 449 g/mol. The highest BCUT2D eigenvalue weighted by Crippen LogP contribution is 2.30. The van der Waals surface area contributed by atoms with Crippen LogP contribution in [0.1, 0.15) is 28.1 Å². The van der Waals surface area contributed by atoms with Crippen LogP contribution in [0.25, 0.3) is 30.4 Å². The highest BCUT2D eigenvalue weighted by Gasteiger charge is 2.08. The molecule has 0 aliphatic rings. The van der Waals surface area contributed by atoms with Gasteiger partial charge in [0.05, 0.1) is 46.4 Å². The van der Waals surface area contributed by atoms with E-state index >= 15 is 0 Å². The molecule has 3 aromatic rings. The third kappa shape index (κ3) is 5.84. The molecule has 1 aromatic heterocycles. The van der Waals surface area contributed by atoms with E-state index in [0.717, 1.165) is 28.1 Å². The van der Waals surface area contributed by atoms with Crippen LogP contribution in [0.15, 0.2) is 42.5 Å². The average Bonchev–Trinajstić information content (AvgIpc) is 3.25. The molecule has 0 unspecified atom stereocenters. The molecule has 172 valence electrons. The summed E-state index contributed by atoms with van der Waals surface area (Å²) in [5, 5.41) is 16.8. The van der Waals surface area contributed by atoms with Gasteiger partial charge >= 0.3 is 0 Å². The Labute approximate surface area is 193 Å². The minimum Gasteiger partial charge on any atom is -0.493 e. The van der Waals surface area contributed by atoms with Crippen molar-refractivity contribution in [3.8, 4) is 23.0 Å². The Balaban J connectivity index is 1.90. The van der Waals surface area contributed by atoms with Gasteiger partial charge in [0.1, 0.15) is 0 Å². The van der Waals surface area contributed by atoms with Gasteiger partial charge in [-0.1, -0.05) is 36.4 Å². The van der Waals surface area contributed by atoms with Gasteiger partial charge in [-0.2, -0.15) is 5.10 Å². The molecule has 7 heteroatoms. The van der Waals surface area contributed by atoms with Crippen molar-refractivity contribution in [2.75, 3.05) is 35.0 Å². The lowest BCUT2D eigenvalue weighted by Gasteiger charge is -2.07. The third-order valence-corrected chi connectivity index (χ3v) is 4.94. The molecule has 1 heterocycles. The maximum atomic E-state index is 9.27. The molecule has 3 rings (SSSR count). The predicted molar refractivity (Wildman–Crippen MR) is 132 cm³/mol. The van der Waals surface area contributed by atoms with Gasteiger partial charge in [0.25, 0.3) is 0 Å². The summed E-state index contributed by atoms with van der Waals surface area (Å²) in [7, 11) is 6.42. The van der Waals surface area contributed by atoms with Crippen LogP contribution in [-0.4, -0.2) is 50.3 Å². The SMILES string of the molecule is COc1ccc(/C=C/c2n[nH]c(/C=C/c3ccc(OC)c(OC)c3)c2/C=C/CO)cc1OC. The fourth-order valence-electron chi connectivity index (χ4n) is 3.25. The summed E-state index contributed by atoms with van der Waals surface area (Å²) in [6, 6.07) is 11.4. The van der Waals surface area contributed by atoms with Crippen LogP contribution in [0, 0.1) is 0 Å². The van der Waals surface area contributed by atoms with Crippen LogP contribution in [0.2, 0.25) is 0 Å². The lowest BCUT2D eigenvalue weighted by Crippen LogP contribution is -1.90. The van der Waals surface area contributed by atoms with E-state index < -0.39 is 0 Å². The summed E-state index contributed by atoms with van der Waals surface area (Å²) >= 11 is 0. The summed E-state index contributed by atoms with van der Waals surface area (Å²) in [6.45, 7) is -0.0666. The van der Waals surface area contributed by atoms with E-state index in [1.54, 1.807) is 34.5 Å². The topological polar surface area (TPSA) is 85.8 Å². The second-order valence-electron chi connectivity index (χ2n) is 6.92. The van der Waals surface area contributed by atoms with Gasteiger partial charge in [0.2, 0.25) is 0 Å². The zero-order valence-electron chi connectivity index (χ0n) is 19.2. The first-order valence-corrected chi connectivity index (χ1v) is 10.3. The molecule has 0 radical (unpaired) electrons. The Morgan fingerprint density at radius 1 is 0.727 bits per heavy atom. The number of aromatic nitrogens is 2. The number of H-pyrrole nitrogens is 1. The molecule has 0 atom stereocenters. The zero-order chi connectivity index (χ0) is 23.6. The van der Waals surface area contributed by atoms with Crippen molar-refractivity contribution in [1.82, 2.24) is 10.2 Å². The van der Waals surface area contributed by atoms with E-state index in [1.165, 1.54) is 0 Å². The molecule has 0 amide bonds. The molecule has 0 aliphatic carbocycles. The number of ether oxygens (including phenoxy) is 4. The number of hydrogen-bond donors (Lipinski definition) is 2. The van der Waals surface area contributed by atoms with Crippen LogP contribution in [0.4, 0.5) is 0 Å². The minimum atomic E-state index is -0.0666. The van der Waals surface area contributed by atoms with Crippen LogP contribution in [0.3, 0.4) is 0 Å². The van der Waals surface area contributed by atoms with E-state index in [4.69, 9.17) is 18.9 Å². The summed E-state index contributed by atoms with van der Waals surface area (Å²) in [6.07, 6.45) is 11.2. The number of benzene rings is 2. The minimum absolute atomic E-state index is 0.0666. The third-order valence-electron chi connectivity index (χ3n) is 4.94. The van der Waals surface area contributed by atoms with Gasteiger partial charge in [-0.3, -0.25) is 5.10 Å². The Kier molecular flexibility index (Phi) is 8.32. The highest BCUT2D eigenvalue weighted by atomic mass is 16.5. The van der Waals surface area contributed by atoms with Gasteiger partial charge in [-0.15, -0.1) is 0 Å². The van der Waals surface area contributed by atoms with Gasteiger partial charge in [0, 0.05) is 5.56 Å². The second-order valence-corrected chi connectivity index (χ2v) is 6.92. The Morgan fingerprint density at radius 3 is 1.79 bits per heavy atom. The summed E-state index contributed by atoms with van der Waals surface area (Å²) in [4.78, 5) is 0. The first-order chi connectivity index (χ1) is 16.1. The molecule has 0 aliphatic heterocycles. The quantitative estimate of drug-likeness (QED) is 0.464. The van der Waals surface area contributed by atoms with E-state index in [2.05, 4.69) is 10.2 Å². The van der Waals surface area contributed by atoms with Crippen molar-refractivity contribution in [3.05, 3.63) is 70.6 Å².